The first-order valence-electron chi connectivity index (χ1n) is 15.6. The first kappa shape index (κ1) is 30.9. The molecule has 0 bridgehead atoms. The van der Waals surface area contributed by atoms with Crippen LogP contribution in [0.4, 0.5) is 4.39 Å². The third-order valence-electron chi connectivity index (χ3n) is 9.12. The molecule has 2 aliphatic carbocycles. The Bertz CT molecular complexity index is 1500. The van der Waals surface area contributed by atoms with E-state index in [0.717, 1.165) is 63.4 Å². The molecule has 2 aromatic carbocycles. The average Bonchev–Trinajstić information content (AvgIpc) is 3.72. The van der Waals surface area contributed by atoms with Crippen LogP contribution in [0.5, 0.6) is 0 Å². The lowest BCUT2D eigenvalue weighted by Gasteiger charge is -2.31. The van der Waals surface area contributed by atoms with E-state index in [1.54, 1.807) is 36.2 Å². The number of methoxy groups -OCH3 is 1. The Morgan fingerprint density at radius 1 is 1.05 bits per heavy atom. The molecule has 3 aromatic rings. The molecule has 0 spiro atoms. The van der Waals surface area contributed by atoms with Crippen LogP contribution in [0.3, 0.4) is 0 Å². The van der Waals surface area contributed by atoms with Gasteiger partial charge in [0.2, 0.25) is 0 Å². The molecule has 1 aromatic heterocycles. The topological polar surface area (TPSA) is 74.6 Å². The standard InChI is InChI=1S/C34H38Cl2FN3O4/c1-42-31(21-10-4-2-5-11-21)24-16-17-26(37)29(36)28(24)32-38-18-19-40(32)30(33(41)39-22-12-6-3-7-13-22)27-20-43-34(44-27)23-14-8-9-15-25(23)35/h8-9,14-22,30-31,34H,2-7,10-13H2,1H3,(H,39,41). The quantitative estimate of drug-likeness (QED) is 0.253. The van der Waals surface area contributed by atoms with Gasteiger partial charge in [0.15, 0.2) is 11.8 Å². The molecule has 6 rings (SSSR count). The fraction of sp³-hybridized carbons (Fsp3) is 0.471. The van der Waals surface area contributed by atoms with E-state index in [0.29, 0.717) is 22.0 Å². The van der Waals surface area contributed by atoms with Crippen LogP contribution in [-0.2, 0) is 19.0 Å². The monoisotopic (exact) mass is 641 g/mol. The highest BCUT2D eigenvalue weighted by Crippen LogP contribution is 2.45. The zero-order valence-corrected chi connectivity index (χ0v) is 26.3. The Morgan fingerprint density at radius 3 is 2.50 bits per heavy atom. The number of aromatic nitrogens is 2. The summed E-state index contributed by atoms with van der Waals surface area (Å²) in [5.74, 6) is 0.0491. The van der Waals surface area contributed by atoms with Gasteiger partial charge < -0.3 is 24.1 Å². The van der Waals surface area contributed by atoms with Crippen LogP contribution in [0.1, 0.15) is 93.8 Å². The summed E-state index contributed by atoms with van der Waals surface area (Å²) in [7, 11) is 1.68. The van der Waals surface area contributed by atoms with Crippen LogP contribution >= 0.6 is 23.2 Å². The fourth-order valence-electron chi connectivity index (χ4n) is 6.91. The van der Waals surface area contributed by atoms with E-state index in [9.17, 15) is 4.79 Å². The number of hydrogen-bond donors (Lipinski definition) is 1. The summed E-state index contributed by atoms with van der Waals surface area (Å²) < 4.78 is 35.1. The van der Waals surface area contributed by atoms with Crippen molar-refractivity contribution in [3.05, 3.63) is 87.8 Å². The Kier molecular flexibility index (Phi) is 9.79. The van der Waals surface area contributed by atoms with Crippen LogP contribution in [0.25, 0.3) is 11.4 Å². The first-order chi connectivity index (χ1) is 21.5. The molecule has 2 saturated carbocycles. The van der Waals surface area contributed by atoms with E-state index in [4.69, 9.17) is 37.4 Å². The number of nitrogens with one attached hydrogen (secondary N) is 1. The molecular formula is C34H38Cl2FN3O4. The van der Waals surface area contributed by atoms with Crippen molar-refractivity contribution in [1.29, 1.82) is 0 Å². The Labute approximate surface area is 267 Å². The average molecular weight is 643 g/mol. The summed E-state index contributed by atoms with van der Waals surface area (Å²) in [5, 5.41) is 3.66. The summed E-state index contributed by atoms with van der Waals surface area (Å²) >= 11 is 13.2. The molecule has 7 nitrogen and oxygen atoms in total. The predicted molar refractivity (Wildman–Crippen MR) is 167 cm³/mol. The molecular weight excluding hydrogens is 604 g/mol. The van der Waals surface area contributed by atoms with Gasteiger partial charge in [0.1, 0.15) is 17.9 Å². The number of ether oxygens (including phenoxy) is 3. The van der Waals surface area contributed by atoms with Gasteiger partial charge in [-0.2, -0.15) is 0 Å². The summed E-state index contributed by atoms with van der Waals surface area (Å²) in [6, 6.07) is 9.41. The second-order valence-corrected chi connectivity index (χ2v) is 12.7. The smallest absolute Gasteiger partial charge is 0.268 e. The van der Waals surface area contributed by atoms with Crippen molar-refractivity contribution in [3.63, 3.8) is 0 Å². The van der Waals surface area contributed by atoms with Crippen LogP contribution in [-0.4, -0.2) is 28.6 Å². The molecule has 10 heteroatoms. The lowest BCUT2D eigenvalue weighted by atomic mass is 9.81. The molecule has 2 heterocycles. The number of carbonyl (C=O) groups is 1. The van der Waals surface area contributed by atoms with Gasteiger partial charge in [-0.25, -0.2) is 9.37 Å². The van der Waals surface area contributed by atoms with Gasteiger partial charge in [-0.1, -0.05) is 86.0 Å². The van der Waals surface area contributed by atoms with E-state index in [1.807, 2.05) is 18.2 Å². The Balaban J connectivity index is 1.41. The van der Waals surface area contributed by atoms with Crippen molar-refractivity contribution in [2.45, 2.75) is 88.7 Å². The first-order valence-corrected chi connectivity index (χ1v) is 16.3. The fourth-order valence-corrected chi connectivity index (χ4v) is 7.40. The van der Waals surface area contributed by atoms with Crippen LogP contribution in [0, 0.1) is 11.7 Å². The summed E-state index contributed by atoms with van der Waals surface area (Å²) in [6.07, 6.45) is 14.1. The zero-order valence-electron chi connectivity index (χ0n) is 24.8. The van der Waals surface area contributed by atoms with Crippen molar-refractivity contribution in [3.8, 4) is 11.4 Å². The maximum absolute atomic E-state index is 15.2. The highest BCUT2D eigenvalue weighted by molar-refractivity contribution is 6.33. The molecule has 2 fully saturated rings. The molecule has 1 N–H and O–H groups in total. The molecule has 1 amide bonds. The molecule has 234 valence electrons. The minimum absolute atomic E-state index is 0.0468. The molecule has 0 saturated heterocycles. The van der Waals surface area contributed by atoms with Gasteiger partial charge in [0, 0.05) is 31.1 Å². The summed E-state index contributed by atoms with van der Waals surface area (Å²) in [6.45, 7) is 0. The predicted octanol–water partition coefficient (Wildman–Crippen LogP) is 8.84. The van der Waals surface area contributed by atoms with Crippen molar-refractivity contribution >= 4 is 29.1 Å². The van der Waals surface area contributed by atoms with Crippen molar-refractivity contribution in [1.82, 2.24) is 14.9 Å². The van der Waals surface area contributed by atoms with E-state index < -0.39 is 18.1 Å². The Hall–Kier alpha value is -3.07. The normalized spacial score (nSPS) is 20.8. The van der Waals surface area contributed by atoms with Gasteiger partial charge in [-0.3, -0.25) is 4.79 Å². The molecule has 3 unspecified atom stereocenters. The van der Waals surface area contributed by atoms with E-state index in [1.165, 1.54) is 18.7 Å². The number of benzene rings is 2. The van der Waals surface area contributed by atoms with Gasteiger partial charge in [-0.15, -0.1) is 0 Å². The SMILES string of the molecule is COC(c1ccc(F)c(Cl)c1-c1nccn1C(C(=O)NC1CCCCC1)C1=COC(c2ccccc2Cl)O1)C1CCCCC1. The second-order valence-electron chi connectivity index (χ2n) is 11.9. The molecule has 3 atom stereocenters. The van der Waals surface area contributed by atoms with Gasteiger partial charge in [0.25, 0.3) is 12.2 Å². The minimum atomic E-state index is -0.996. The van der Waals surface area contributed by atoms with Crippen molar-refractivity contribution in [2.24, 2.45) is 5.92 Å². The number of amides is 1. The third kappa shape index (κ3) is 6.35. The number of halogens is 3. The highest BCUT2D eigenvalue weighted by Gasteiger charge is 2.38. The maximum Gasteiger partial charge on any atom is 0.268 e. The van der Waals surface area contributed by atoms with Gasteiger partial charge in [0.05, 0.1) is 21.7 Å². The number of imidazole rings is 1. The van der Waals surface area contributed by atoms with E-state index in [2.05, 4.69) is 10.3 Å². The second kappa shape index (κ2) is 13.9. The molecule has 44 heavy (non-hydrogen) atoms. The lowest BCUT2D eigenvalue weighted by molar-refractivity contribution is -0.126. The Morgan fingerprint density at radius 2 is 1.77 bits per heavy atom. The third-order valence-corrected chi connectivity index (χ3v) is 9.83. The van der Waals surface area contributed by atoms with E-state index >= 15 is 4.39 Å². The van der Waals surface area contributed by atoms with Crippen LogP contribution in [0.2, 0.25) is 10.0 Å². The maximum atomic E-state index is 15.2. The van der Waals surface area contributed by atoms with E-state index in [-0.39, 0.29) is 34.8 Å². The highest BCUT2D eigenvalue weighted by atomic mass is 35.5. The minimum Gasteiger partial charge on any atom is -0.455 e. The molecule has 1 aliphatic heterocycles. The van der Waals surface area contributed by atoms with Gasteiger partial charge >= 0.3 is 0 Å². The molecule has 3 aliphatic rings. The number of hydrogen-bond acceptors (Lipinski definition) is 5. The van der Waals surface area contributed by atoms with Gasteiger partial charge in [-0.05, 0) is 49.3 Å². The summed E-state index contributed by atoms with van der Waals surface area (Å²) in [4.78, 5) is 18.8. The largest absolute Gasteiger partial charge is 0.455 e. The van der Waals surface area contributed by atoms with Crippen LogP contribution < -0.4 is 5.32 Å². The number of carbonyl (C=O) groups excluding carboxylic acids is 1. The van der Waals surface area contributed by atoms with Crippen LogP contribution in [0.15, 0.2) is 60.8 Å². The lowest BCUT2D eigenvalue weighted by Crippen LogP contribution is -2.41. The summed E-state index contributed by atoms with van der Waals surface area (Å²) in [5.41, 5.74) is 1.80. The molecule has 0 radical (unpaired) electrons. The van der Waals surface area contributed by atoms with Crippen molar-refractivity contribution in [2.75, 3.05) is 7.11 Å². The number of nitrogens with zero attached hydrogens (tertiary/aromatic N) is 2. The van der Waals surface area contributed by atoms with Crippen molar-refractivity contribution < 1.29 is 23.4 Å². The number of rotatable bonds is 9. The zero-order chi connectivity index (χ0) is 30.6.